The lowest BCUT2D eigenvalue weighted by Crippen LogP contribution is -2.00. The number of nitrogens with two attached hydrogens (primary N) is 1. The minimum absolute atomic E-state index is 0.739. The van der Waals surface area contributed by atoms with Crippen molar-refractivity contribution in [2.24, 2.45) is 5.73 Å². The monoisotopic (exact) mass is 399 g/mol. The molecule has 0 spiro atoms. The lowest BCUT2D eigenvalue weighted by Gasteiger charge is -2.13. The molecule has 0 radical (unpaired) electrons. The van der Waals surface area contributed by atoms with Gasteiger partial charge in [0.2, 0.25) is 0 Å². The zero-order valence-corrected chi connectivity index (χ0v) is 18.6. The third-order valence-corrected chi connectivity index (χ3v) is 5.92. The van der Waals surface area contributed by atoms with Gasteiger partial charge in [-0.15, -0.1) is 0 Å². The van der Waals surface area contributed by atoms with Crippen LogP contribution >= 0.6 is 0 Å². The van der Waals surface area contributed by atoms with Crippen LogP contribution in [0.1, 0.15) is 63.0 Å². The second-order valence-electron chi connectivity index (χ2n) is 8.35. The van der Waals surface area contributed by atoms with Crippen LogP contribution in [0.15, 0.2) is 72.8 Å². The number of unbranched alkanes of at least 4 members (excludes halogenated alkanes) is 5. The van der Waals surface area contributed by atoms with Crippen LogP contribution in [0.2, 0.25) is 0 Å². The maximum absolute atomic E-state index is 5.73. The summed E-state index contributed by atoms with van der Waals surface area (Å²) < 4.78 is 0. The Morgan fingerprint density at radius 1 is 0.567 bits per heavy atom. The van der Waals surface area contributed by atoms with E-state index >= 15 is 0 Å². The fourth-order valence-electron chi connectivity index (χ4n) is 4.12. The van der Waals surface area contributed by atoms with Gasteiger partial charge in [-0.05, 0) is 65.6 Å². The molecule has 0 unspecified atom stereocenters. The Bertz CT molecular complexity index is 865. The summed E-state index contributed by atoms with van der Waals surface area (Å²) >= 11 is 0. The molecule has 3 aromatic carbocycles. The van der Waals surface area contributed by atoms with E-state index in [0.717, 1.165) is 19.4 Å². The average Bonchev–Trinajstić information content (AvgIpc) is 2.81. The Hall–Kier alpha value is -2.38. The van der Waals surface area contributed by atoms with E-state index in [1.165, 1.54) is 78.3 Å². The molecule has 0 saturated carbocycles. The van der Waals surface area contributed by atoms with Crippen molar-refractivity contribution >= 4 is 0 Å². The molecule has 158 valence electrons. The van der Waals surface area contributed by atoms with Crippen molar-refractivity contribution in [2.75, 3.05) is 6.54 Å². The van der Waals surface area contributed by atoms with Gasteiger partial charge in [0.05, 0.1) is 0 Å². The van der Waals surface area contributed by atoms with Gasteiger partial charge >= 0.3 is 0 Å². The summed E-state index contributed by atoms with van der Waals surface area (Å²) in [5.41, 5.74) is 13.7. The van der Waals surface area contributed by atoms with Gasteiger partial charge in [-0.3, -0.25) is 0 Å². The Morgan fingerprint density at radius 3 is 1.93 bits per heavy atom. The van der Waals surface area contributed by atoms with Gasteiger partial charge in [-0.1, -0.05) is 112 Å². The Labute approximate surface area is 183 Å². The van der Waals surface area contributed by atoms with Crippen LogP contribution in [0.3, 0.4) is 0 Å². The van der Waals surface area contributed by atoms with Gasteiger partial charge in [-0.25, -0.2) is 0 Å². The second kappa shape index (κ2) is 12.3. The van der Waals surface area contributed by atoms with E-state index in [0.29, 0.717) is 0 Å². The number of aryl methyl sites for hydroxylation is 2. The van der Waals surface area contributed by atoms with Crippen molar-refractivity contribution in [1.29, 1.82) is 0 Å². The molecule has 0 aliphatic rings. The molecular formula is C29H37N. The van der Waals surface area contributed by atoms with Crippen LogP contribution in [0.4, 0.5) is 0 Å². The molecule has 0 atom stereocenters. The summed E-state index contributed by atoms with van der Waals surface area (Å²) in [6.07, 6.45) is 11.4. The lowest BCUT2D eigenvalue weighted by molar-refractivity contribution is 0.607. The van der Waals surface area contributed by atoms with E-state index in [4.69, 9.17) is 5.73 Å². The summed E-state index contributed by atoms with van der Waals surface area (Å²) in [5.74, 6) is 0. The number of rotatable bonds is 12. The Balaban J connectivity index is 1.74. The first-order chi connectivity index (χ1) is 14.8. The highest BCUT2D eigenvalue weighted by molar-refractivity contribution is 5.84. The standard InChI is InChI=1S/C29H37N/c1-2-3-4-5-6-8-12-24-16-19-27(20-17-24)28-21-18-25(13-11-22-30)23-29(28)26-14-9-7-10-15-26/h7,9-10,14-21,23H,2-6,8,11-13,22,30H2,1H3. The van der Waals surface area contributed by atoms with E-state index in [-0.39, 0.29) is 0 Å². The molecular weight excluding hydrogens is 362 g/mol. The van der Waals surface area contributed by atoms with Gasteiger partial charge < -0.3 is 5.73 Å². The van der Waals surface area contributed by atoms with E-state index in [1.807, 2.05) is 0 Å². The van der Waals surface area contributed by atoms with Crippen LogP contribution in [0.25, 0.3) is 22.3 Å². The zero-order chi connectivity index (χ0) is 21.0. The summed E-state index contributed by atoms with van der Waals surface area (Å²) in [4.78, 5) is 0. The molecule has 0 aliphatic carbocycles. The highest BCUT2D eigenvalue weighted by Gasteiger charge is 2.09. The van der Waals surface area contributed by atoms with Gasteiger partial charge in [0.25, 0.3) is 0 Å². The maximum Gasteiger partial charge on any atom is -0.00741 e. The molecule has 0 bridgehead atoms. The minimum atomic E-state index is 0.739. The first-order valence-corrected chi connectivity index (χ1v) is 11.8. The molecule has 0 amide bonds. The molecule has 30 heavy (non-hydrogen) atoms. The van der Waals surface area contributed by atoms with Crippen molar-refractivity contribution in [2.45, 2.75) is 64.7 Å². The molecule has 0 saturated heterocycles. The van der Waals surface area contributed by atoms with Crippen molar-refractivity contribution in [3.63, 3.8) is 0 Å². The molecule has 0 fully saturated rings. The molecule has 0 aromatic heterocycles. The topological polar surface area (TPSA) is 26.0 Å². The summed E-state index contributed by atoms with van der Waals surface area (Å²) in [6.45, 7) is 3.01. The quantitative estimate of drug-likeness (QED) is 0.309. The third-order valence-electron chi connectivity index (χ3n) is 5.92. The molecule has 3 rings (SSSR count). The van der Waals surface area contributed by atoms with Crippen molar-refractivity contribution in [3.05, 3.63) is 83.9 Å². The number of benzene rings is 3. The van der Waals surface area contributed by atoms with Crippen molar-refractivity contribution < 1.29 is 0 Å². The molecule has 1 nitrogen and oxygen atoms in total. The van der Waals surface area contributed by atoms with E-state index in [2.05, 4.69) is 79.7 Å². The molecule has 0 aliphatic heterocycles. The van der Waals surface area contributed by atoms with Crippen LogP contribution < -0.4 is 5.73 Å². The maximum atomic E-state index is 5.73. The third kappa shape index (κ3) is 6.57. The molecule has 1 heteroatoms. The van der Waals surface area contributed by atoms with Gasteiger partial charge in [-0.2, -0.15) is 0 Å². The van der Waals surface area contributed by atoms with Gasteiger partial charge in [0, 0.05) is 0 Å². The second-order valence-corrected chi connectivity index (χ2v) is 8.35. The van der Waals surface area contributed by atoms with Crippen molar-refractivity contribution in [1.82, 2.24) is 0 Å². The predicted molar refractivity (Wildman–Crippen MR) is 132 cm³/mol. The lowest BCUT2D eigenvalue weighted by atomic mass is 9.91. The van der Waals surface area contributed by atoms with E-state index in [1.54, 1.807) is 0 Å². The number of hydrogen-bond donors (Lipinski definition) is 1. The smallest absolute Gasteiger partial charge is 0.00741 e. The Morgan fingerprint density at radius 2 is 1.20 bits per heavy atom. The summed E-state index contributed by atoms with van der Waals surface area (Å²) in [7, 11) is 0. The number of hydrogen-bond acceptors (Lipinski definition) is 1. The molecule has 3 aromatic rings. The highest BCUT2D eigenvalue weighted by Crippen LogP contribution is 2.33. The predicted octanol–water partition coefficient (Wildman–Crippen LogP) is 7.81. The highest BCUT2D eigenvalue weighted by atomic mass is 14.5. The first kappa shape index (κ1) is 22.3. The minimum Gasteiger partial charge on any atom is -0.330 e. The van der Waals surface area contributed by atoms with E-state index < -0.39 is 0 Å². The normalized spacial score (nSPS) is 11.0. The van der Waals surface area contributed by atoms with Crippen LogP contribution in [-0.4, -0.2) is 6.54 Å². The van der Waals surface area contributed by atoms with E-state index in [9.17, 15) is 0 Å². The van der Waals surface area contributed by atoms with Gasteiger partial charge in [0.15, 0.2) is 0 Å². The molecule has 2 N–H and O–H groups in total. The van der Waals surface area contributed by atoms with Gasteiger partial charge in [0.1, 0.15) is 0 Å². The fourth-order valence-corrected chi connectivity index (χ4v) is 4.12. The fraction of sp³-hybridized carbons (Fsp3) is 0.379. The Kier molecular flexibility index (Phi) is 9.18. The van der Waals surface area contributed by atoms with Crippen LogP contribution in [0.5, 0.6) is 0 Å². The van der Waals surface area contributed by atoms with Crippen LogP contribution in [0, 0.1) is 0 Å². The summed E-state index contributed by atoms with van der Waals surface area (Å²) in [5, 5.41) is 0. The SMILES string of the molecule is CCCCCCCCc1ccc(-c2ccc(CCCN)cc2-c2ccccc2)cc1. The molecule has 0 heterocycles. The average molecular weight is 400 g/mol. The zero-order valence-electron chi connectivity index (χ0n) is 18.6. The first-order valence-electron chi connectivity index (χ1n) is 11.8. The van der Waals surface area contributed by atoms with Crippen molar-refractivity contribution in [3.8, 4) is 22.3 Å². The largest absolute Gasteiger partial charge is 0.330 e. The van der Waals surface area contributed by atoms with Crippen LogP contribution in [-0.2, 0) is 12.8 Å². The summed E-state index contributed by atoms with van der Waals surface area (Å²) in [6, 6.07) is 26.9.